The van der Waals surface area contributed by atoms with Crippen molar-refractivity contribution >= 4 is 11.9 Å². The zero-order chi connectivity index (χ0) is 21.5. The van der Waals surface area contributed by atoms with Gasteiger partial charge in [-0.2, -0.15) is 0 Å². The molecule has 1 heterocycles. The average Bonchev–Trinajstić information content (AvgIpc) is 3.14. The lowest BCUT2D eigenvalue weighted by molar-refractivity contribution is -0.128. The highest BCUT2D eigenvalue weighted by atomic mass is 19.1. The Labute approximate surface area is 178 Å². The van der Waals surface area contributed by atoms with Crippen LogP contribution in [0.4, 0.5) is 4.39 Å². The van der Waals surface area contributed by atoms with E-state index in [-0.39, 0.29) is 17.8 Å². The van der Waals surface area contributed by atoms with Crippen molar-refractivity contribution in [2.75, 3.05) is 13.1 Å². The Morgan fingerprint density at radius 3 is 2.57 bits per heavy atom. The van der Waals surface area contributed by atoms with Crippen LogP contribution >= 0.6 is 0 Å². The van der Waals surface area contributed by atoms with Crippen molar-refractivity contribution in [1.29, 1.82) is 0 Å². The quantitative estimate of drug-likeness (QED) is 0.534. The van der Waals surface area contributed by atoms with Crippen molar-refractivity contribution in [1.82, 2.24) is 15.5 Å². The van der Waals surface area contributed by atoms with Gasteiger partial charge in [-0.1, -0.05) is 36.4 Å². The predicted molar refractivity (Wildman–Crippen MR) is 119 cm³/mol. The molecule has 0 spiro atoms. The Morgan fingerprint density at radius 1 is 1.20 bits per heavy atom. The van der Waals surface area contributed by atoms with Crippen LogP contribution < -0.4 is 10.6 Å². The number of aryl methyl sites for hydroxylation is 1. The summed E-state index contributed by atoms with van der Waals surface area (Å²) in [7, 11) is 0. The molecule has 0 aliphatic carbocycles. The molecule has 0 aromatic heterocycles. The predicted octanol–water partition coefficient (Wildman–Crippen LogP) is 4.07. The molecule has 5 nitrogen and oxygen atoms in total. The summed E-state index contributed by atoms with van der Waals surface area (Å²) in [6, 6.07) is 13.5. The van der Waals surface area contributed by atoms with Gasteiger partial charge in [-0.15, -0.1) is 0 Å². The lowest BCUT2D eigenvalue weighted by Gasteiger charge is -2.19. The maximum atomic E-state index is 13.9. The fraction of sp³-hybridized carbons (Fsp3) is 0.417. The second-order valence-corrected chi connectivity index (χ2v) is 7.81. The van der Waals surface area contributed by atoms with Gasteiger partial charge in [-0.25, -0.2) is 9.38 Å². The van der Waals surface area contributed by atoms with Crippen LogP contribution in [0.3, 0.4) is 0 Å². The fourth-order valence-corrected chi connectivity index (χ4v) is 3.50. The number of benzene rings is 2. The Morgan fingerprint density at radius 2 is 1.93 bits per heavy atom. The molecule has 0 bridgehead atoms. The van der Waals surface area contributed by atoms with Gasteiger partial charge in [-0.05, 0) is 55.5 Å². The number of aliphatic imine (C=N–C) groups is 1. The fourth-order valence-electron chi connectivity index (χ4n) is 3.50. The Bertz CT molecular complexity index is 895. The van der Waals surface area contributed by atoms with Gasteiger partial charge >= 0.3 is 0 Å². The van der Waals surface area contributed by atoms with Crippen LogP contribution in [-0.4, -0.2) is 29.9 Å². The van der Waals surface area contributed by atoms with Crippen molar-refractivity contribution in [2.24, 2.45) is 4.99 Å². The molecule has 1 aliphatic heterocycles. The van der Waals surface area contributed by atoms with E-state index in [1.165, 1.54) is 0 Å². The maximum absolute atomic E-state index is 13.9. The lowest BCUT2D eigenvalue weighted by Crippen LogP contribution is -2.38. The van der Waals surface area contributed by atoms with E-state index in [4.69, 9.17) is 0 Å². The minimum absolute atomic E-state index is 0.0710. The molecular weight excluding hydrogens is 379 g/mol. The minimum atomic E-state index is -0.196. The van der Waals surface area contributed by atoms with Crippen LogP contribution in [0.15, 0.2) is 47.5 Å². The molecule has 0 saturated carbocycles. The van der Waals surface area contributed by atoms with Gasteiger partial charge < -0.3 is 15.5 Å². The standard InChI is InChI=1S/C24H31FN4O/c1-4-26-24(28-18(3)21-12-7-17(2)22(25)14-21)27-15-19-8-10-20(11-9-19)16-29-13-5-6-23(29)30/h7-12,14,18H,4-6,13,15-16H2,1-3H3,(H2,26,27,28). The first-order valence-electron chi connectivity index (χ1n) is 10.6. The molecule has 2 aromatic rings. The Hall–Kier alpha value is -2.89. The van der Waals surface area contributed by atoms with Crippen LogP contribution in [0.1, 0.15) is 55.0 Å². The highest BCUT2D eigenvalue weighted by Gasteiger charge is 2.19. The van der Waals surface area contributed by atoms with Gasteiger partial charge in [0.2, 0.25) is 5.91 Å². The topological polar surface area (TPSA) is 56.7 Å². The summed E-state index contributed by atoms with van der Waals surface area (Å²) in [5.74, 6) is 0.740. The largest absolute Gasteiger partial charge is 0.357 e. The summed E-state index contributed by atoms with van der Waals surface area (Å²) in [6.45, 7) is 8.57. The SMILES string of the molecule is CCNC(=NCc1ccc(CN2CCCC2=O)cc1)NC(C)c1ccc(C)c(F)c1. The third kappa shape index (κ3) is 5.81. The second-order valence-electron chi connectivity index (χ2n) is 7.81. The van der Waals surface area contributed by atoms with E-state index in [2.05, 4.69) is 39.9 Å². The molecule has 3 rings (SSSR count). The minimum Gasteiger partial charge on any atom is -0.357 e. The highest BCUT2D eigenvalue weighted by Crippen LogP contribution is 2.17. The van der Waals surface area contributed by atoms with Crippen molar-refractivity contribution in [3.63, 3.8) is 0 Å². The number of hydrogen-bond donors (Lipinski definition) is 2. The Kier molecular flexibility index (Phi) is 7.44. The number of likely N-dealkylation sites (tertiary alicyclic amines) is 1. The van der Waals surface area contributed by atoms with E-state index in [9.17, 15) is 9.18 Å². The number of guanidine groups is 1. The molecule has 1 aliphatic rings. The van der Waals surface area contributed by atoms with E-state index in [1.54, 1.807) is 19.1 Å². The highest BCUT2D eigenvalue weighted by molar-refractivity contribution is 5.80. The summed E-state index contributed by atoms with van der Waals surface area (Å²) in [6.07, 6.45) is 1.63. The zero-order valence-electron chi connectivity index (χ0n) is 18.0. The van der Waals surface area contributed by atoms with Crippen LogP contribution in [0.2, 0.25) is 0 Å². The van der Waals surface area contributed by atoms with E-state index < -0.39 is 0 Å². The number of rotatable bonds is 7. The molecular formula is C24H31FN4O. The molecule has 1 fully saturated rings. The number of carbonyl (C=O) groups is 1. The summed E-state index contributed by atoms with van der Waals surface area (Å²) in [4.78, 5) is 18.4. The van der Waals surface area contributed by atoms with Gasteiger partial charge in [-0.3, -0.25) is 4.79 Å². The summed E-state index contributed by atoms with van der Waals surface area (Å²) >= 11 is 0. The van der Waals surface area contributed by atoms with Crippen molar-refractivity contribution in [3.8, 4) is 0 Å². The van der Waals surface area contributed by atoms with Crippen LogP contribution in [-0.2, 0) is 17.9 Å². The van der Waals surface area contributed by atoms with Gasteiger partial charge in [0, 0.05) is 26.1 Å². The molecule has 1 saturated heterocycles. The third-order valence-electron chi connectivity index (χ3n) is 5.38. The number of carbonyl (C=O) groups excluding carboxylic acids is 1. The number of nitrogens with one attached hydrogen (secondary N) is 2. The Balaban J connectivity index is 1.60. The van der Waals surface area contributed by atoms with Gasteiger partial charge in [0.1, 0.15) is 5.82 Å². The molecule has 30 heavy (non-hydrogen) atoms. The zero-order valence-corrected chi connectivity index (χ0v) is 18.0. The van der Waals surface area contributed by atoms with E-state index >= 15 is 0 Å². The van der Waals surface area contributed by atoms with Crippen molar-refractivity contribution in [3.05, 3.63) is 70.5 Å². The number of hydrogen-bond acceptors (Lipinski definition) is 2. The van der Waals surface area contributed by atoms with Crippen LogP contribution in [0, 0.1) is 12.7 Å². The number of halogens is 1. The van der Waals surface area contributed by atoms with Gasteiger partial charge in [0.15, 0.2) is 5.96 Å². The van der Waals surface area contributed by atoms with Gasteiger partial charge in [0.25, 0.3) is 0 Å². The molecule has 2 aromatic carbocycles. The van der Waals surface area contributed by atoms with E-state index in [0.717, 1.165) is 36.2 Å². The lowest BCUT2D eigenvalue weighted by atomic mass is 10.1. The summed E-state index contributed by atoms with van der Waals surface area (Å²) in [5.41, 5.74) is 3.75. The molecule has 1 unspecified atom stereocenters. The van der Waals surface area contributed by atoms with Crippen LogP contribution in [0.25, 0.3) is 0 Å². The van der Waals surface area contributed by atoms with Crippen molar-refractivity contribution < 1.29 is 9.18 Å². The first-order valence-corrected chi connectivity index (χ1v) is 10.6. The summed E-state index contributed by atoms with van der Waals surface area (Å²) in [5, 5.41) is 6.59. The normalized spacial score (nSPS) is 15.4. The average molecular weight is 411 g/mol. The molecule has 0 radical (unpaired) electrons. The smallest absolute Gasteiger partial charge is 0.222 e. The third-order valence-corrected chi connectivity index (χ3v) is 5.38. The first-order chi connectivity index (χ1) is 14.5. The maximum Gasteiger partial charge on any atom is 0.222 e. The summed E-state index contributed by atoms with van der Waals surface area (Å²) < 4.78 is 13.9. The van der Waals surface area contributed by atoms with E-state index in [0.29, 0.717) is 31.0 Å². The monoisotopic (exact) mass is 410 g/mol. The van der Waals surface area contributed by atoms with Crippen molar-refractivity contribution in [2.45, 2.75) is 52.7 Å². The molecule has 1 atom stereocenters. The first kappa shape index (κ1) is 21.8. The number of nitrogens with zero attached hydrogens (tertiary/aromatic N) is 2. The molecule has 2 N–H and O–H groups in total. The van der Waals surface area contributed by atoms with Crippen LogP contribution in [0.5, 0.6) is 0 Å². The van der Waals surface area contributed by atoms with Gasteiger partial charge in [0.05, 0.1) is 12.6 Å². The number of amides is 1. The molecule has 160 valence electrons. The molecule has 1 amide bonds. The van der Waals surface area contributed by atoms with E-state index in [1.807, 2.05) is 24.8 Å². The molecule has 6 heteroatoms. The second kappa shape index (κ2) is 10.2.